The van der Waals surface area contributed by atoms with Crippen molar-refractivity contribution < 1.29 is 14.0 Å². The molecule has 0 saturated heterocycles. The van der Waals surface area contributed by atoms with Gasteiger partial charge in [0, 0.05) is 12.0 Å². The first-order valence-electron chi connectivity index (χ1n) is 5.14. The number of fused-ring (bicyclic) bond motifs is 1. The van der Waals surface area contributed by atoms with E-state index in [1.54, 1.807) is 6.07 Å². The number of Topliss-reactive ketones (excluding diaryl/α,β-unsaturated/α-hetero) is 1. The molecule has 0 unspecified atom stereocenters. The lowest BCUT2D eigenvalue weighted by atomic mass is 10.2. The van der Waals surface area contributed by atoms with E-state index in [1.165, 1.54) is 12.1 Å². The number of carbonyl (C=O) groups is 2. The summed E-state index contributed by atoms with van der Waals surface area (Å²) in [7, 11) is 0. The van der Waals surface area contributed by atoms with Crippen LogP contribution in [0.1, 0.15) is 33.9 Å². The van der Waals surface area contributed by atoms with E-state index < -0.39 is 5.91 Å². The number of amides is 1. The maximum atomic E-state index is 11.5. The SMILES string of the molecule is [CH2]CCC(=O)c1nc2cc(C(N)=O)ccc2o1. The summed E-state index contributed by atoms with van der Waals surface area (Å²) in [4.78, 5) is 26.5. The van der Waals surface area contributed by atoms with Crippen LogP contribution in [0.2, 0.25) is 0 Å². The number of nitrogens with two attached hydrogens (primary N) is 1. The third kappa shape index (κ3) is 2.18. The fourth-order valence-electron chi connectivity index (χ4n) is 1.47. The lowest BCUT2D eigenvalue weighted by molar-refractivity contribution is 0.0951. The van der Waals surface area contributed by atoms with Gasteiger partial charge in [-0.25, -0.2) is 4.98 Å². The Morgan fingerprint density at radius 3 is 2.82 bits per heavy atom. The Labute approximate surface area is 97.6 Å². The highest BCUT2D eigenvalue weighted by Gasteiger charge is 2.14. The van der Waals surface area contributed by atoms with E-state index in [4.69, 9.17) is 10.2 Å². The minimum Gasteiger partial charge on any atom is -0.434 e. The number of rotatable bonds is 4. The topological polar surface area (TPSA) is 86.2 Å². The molecule has 87 valence electrons. The molecule has 1 radical (unpaired) electrons. The van der Waals surface area contributed by atoms with Crippen molar-refractivity contribution in [3.63, 3.8) is 0 Å². The maximum absolute atomic E-state index is 11.5. The fourth-order valence-corrected chi connectivity index (χ4v) is 1.47. The summed E-state index contributed by atoms with van der Waals surface area (Å²) >= 11 is 0. The van der Waals surface area contributed by atoms with Gasteiger partial charge in [0.25, 0.3) is 5.89 Å². The van der Waals surface area contributed by atoms with Crippen LogP contribution < -0.4 is 5.73 Å². The van der Waals surface area contributed by atoms with Crippen LogP contribution in [0.15, 0.2) is 22.6 Å². The van der Waals surface area contributed by atoms with Gasteiger partial charge in [0.15, 0.2) is 5.58 Å². The van der Waals surface area contributed by atoms with Crippen molar-refractivity contribution in [2.75, 3.05) is 0 Å². The predicted octanol–water partition coefficient (Wildman–Crippen LogP) is 1.72. The first-order chi connectivity index (χ1) is 8.11. The number of ketones is 1. The molecule has 2 aromatic rings. The Morgan fingerprint density at radius 1 is 1.41 bits per heavy atom. The Kier molecular flexibility index (Phi) is 2.91. The monoisotopic (exact) mass is 231 g/mol. The minimum atomic E-state index is -0.541. The average Bonchev–Trinajstić information content (AvgIpc) is 2.71. The molecule has 0 spiro atoms. The number of oxazole rings is 1. The van der Waals surface area contributed by atoms with Gasteiger partial charge in [-0.05, 0) is 24.6 Å². The zero-order valence-electron chi connectivity index (χ0n) is 9.10. The number of primary amides is 1. The number of benzene rings is 1. The molecule has 1 amide bonds. The van der Waals surface area contributed by atoms with Crippen molar-refractivity contribution in [3.8, 4) is 0 Å². The van der Waals surface area contributed by atoms with E-state index in [2.05, 4.69) is 11.9 Å². The van der Waals surface area contributed by atoms with Gasteiger partial charge in [0.05, 0.1) is 0 Å². The molecule has 0 aliphatic rings. The van der Waals surface area contributed by atoms with E-state index in [-0.39, 0.29) is 18.1 Å². The number of aromatic nitrogens is 1. The number of hydrogen-bond acceptors (Lipinski definition) is 4. The van der Waals surface area contributed by atoms with Crippen LogP contribution >= 0.6 is 0 Å². The summed E-state index contributed by atoms with van der Waals surface area (Å²) in [5, 5.41) is 0. The highest BCUT2D eigenvalue weighted by Crippen LogP contribution is 2.18. The first-order valence-corrected chi connectivity index (χ1v) is 5.14. The molecule has 1 heterocycles. The van der Waals surface area contributed by atoms with E-state index >= 15 is 0 Å². The number of nitrogens with zero attached hydrogens (tertiary/aromatic N) is 1. The zero-order chi connectivity index (χ0) is 12.4. The molecule has 17 heavy (non-hydrogen) atoms. The van der Waals surface area contributed by atoms with Crippen molar-refractivity contribution in [1.82, 2.24) is 4.98 Å². The van der Waals surface area contributed by atoms with Crippen molar-refractivity contribution >= 4 is 22.8 Å². The molecule has 5 nitrogen and oxygen atoms in total. The molecular formula is C12H11N2O3. The largest absolute Gasteiger partial charge is 0.434 e. The highest BCUT2D eigenvalue weighted by atomic mass is 16.4. The van der Waals surface area contributed by atoms with Crippen molar-refractivity contribution in [2.45, 2.75) is 12.8 Å². The molecule has 0 aliphatic heterocycles. The van der Waals surface area contributed by atoms with Crippen molar-refractivity contribution in [2.24, 2.45) is 5.73 Å². The Morgan fingerprint density at radius 2 is 2.18 bits per heavy atom. The maximum Gasteiger partial charge on any atom is 0.264 e. The van der Waals surface area contributed by atoms with Gasteiger partial charge in [-0.1, -0.05) is 6.92 Å². The highest BCUT2D eigenvalue weighted by molar-refractivity contribution is 5.97. The molecule has 0 aliphatic carbocycles. The van der Waals surface area contributed by atoms with E-state index in [9.17, 15) is 9.59 Å². The van der Waals surface area contributed by atoms with Crippen LogP contribution in [0.3, 0.4) is 0 Å². The zero-order valence-corrected chi connectivity index (χ0v) is 9.10. The van der Waals surface area contributed by atoms with Crippen molar-refractivity contribution in [3.05, 3.63) is 36.6 Å². The second-order valence-electron chi connectivity index (χ2n) is 3.59. The van der Waals surface area contributed by atoms with Gasteiger partial charge in [-0.15, -0.1) is 0 Å². The quantitative estimate of drug-likeness (QED) is 0.811. The van der Waals surface area contributed by atoms with E-state index in [0.29, 0.717) is 23.1 Å². The predicted molar refractivity (Wildman–Crippen MR) is 61.4 cm³/mol. The second-order valence-corrected chi connectivity index (χ2v) is 3.59. The summed E-state index contributed by atoms with van der Waals surface area (Å²) in [5.74, 6) is -0.692. The molecule has 5 heteroatoms. The molecule has 1 aromatic carbocycles. The Bertz CT molecular complexity index is 586. The molecule has 0 atom stereocenters. The third-order valence-corrected chi connectivity index (χ3v) is 2.31. The fraction of sp³-hybridized carbons (Fsp3) is 0.167. The van der Waals surface area contributed by atoms with Crippen LogP contribution in [-0.4, -0.2) is 16.7 Å². The molecule has 0 bridgehead atoms. The second kappa shape index (κ2) is 4.37. The summed E-state index contributed by atoms with van der Waals surface area (Å²) in [5.41, 5.74) is 6.39. The third-order valence-electron chi connectivity index (χ3n) is 2.31. The van der Waals surface area contributed by atoms with Crippen LogP contribution in [-0.2, 0) is 0 Å². The summed E-state index contributed by atoms with van der Waals surface area (Å²) in [6.45, 7) is 3.59. The average molecular weight is 231 g/mol. The van der Waals surface area contributed by atoms with E-state index in [1.807, 2.05) is 0 Å². The van der Waals surface area contributed by atoms with Gasteiger partial charge in [-0.2, -0.15) is 0 Å². The van der Waals surface area contributed by atoms with Gasteiger partial charge < -0.3 is 10.2 Å². The first kappa shape index (κ1) is 11.3. The minimum absolute atomic E-state index is 0.0465. The summed E-state index contributed by atoms with van der Waals surface area (Å²) in [6.07, 6.45) is 0.777. The lowest BCUT2D eigenvalue weighted by Gasteiger charge is -1.92. The molecule has 1 aromatic heterocycles. The van der Waals surface area contributed by atoms with Gasteiger partial charge in [0.2, 0.25) is 11.7 Å². The number of carbonyl (C=O) groups excluding carboxylic acids is 2. The van der Waals surface area contributed by atoms with Gasteiger partial charge in [-0.3, -0.25) is 9.59 Å². The smallest absolute Gasteiger partial charge is 0.264 e. The van der Waals surface area contributed by atoms with Crippen LogP contribution in [0.4, 0.5) is 0 Å². The molecular weight excluding hydrogens is 220 g/mol. The van der Waals surface area contributed by atoms with Crippen molar-refractivity contribution in [1.29, 1.82) is 0 Å². The van der Waals surface area contributed by atoms with Gasteiger partial charge >= 0.3 is 0 Å². The van der Waals surface area contributed by atoms with E-state index in [0.717, 1.165) is 0 Å². The molecule has 2 N–H and O–H groups in total. The molecule has 2 rings (SSSR count). The van der Waals surface area contributed by atoms with Crippen LogP contribution in [0, 0.1) is 6.92 Å². The summed E-state index contributed by atoms with van der Waals surface area (Å²) < 4.78 is 5.28. The summed E-state index contributed by atoms with van der Waals surface area (Å²) in [6, 6.07) is 4.61. The van der Waals surface area contributed by atoms with Gasteiger partial charge in [0.1, 0.15) is 5.52 Å². The Hall–Kier alpha value is -2.17. The number of hydrogen-bond donors (Lipinski definition) is 1. The molecule has 0 saturated carbocycles. The normalized spacial score (nSPS) is 10.6. The Balaban J connectivity index is 2.43. The lowest BCUT2D eigenvalue weighted by Crippen LogP contribution is -2.10. The van der Waals surface area contributed by atoms with Crippen LogP contribution in [0.25, 0.3) is 11.1 Å². The van der Waals surface area contributed by atoms with Crippen LogP contribution in [0.5, 0.6) is 0 Å². The molecule has 0 fully saturated rings. The standard InChI is InChI=1S/C12H11N2O3/c1-2-3-9(15)12-14-8-6-7(11(13)16)4-5-10(8)17-12/h4-6H,1-3H2,(H2,13,16).